The van der Waals surface area contributed by atoms with Crippen LogP contribution in [0.15, 0.2) is 5.51 Å². The number of rotatable bonds is 3. The van der Waals surface area contributed by atoms with Gasteiger partial charge in [-0.15, -0.1) is 11.3 Å². The zero-order valence-electron chi connectivity index (χ0n) is 6.83. The second-order valence-electron chi connectivity index (χ2n) is 3.20. The Bertz CT molecular complexity index is 309. The van der Waals surface area contributed by atoms with E-state index in [9.17, 15) is 8.78 Å². The van der Waals surface area contributed by atoms with Crippen LogP contribution in [0.1, 0.15) is 29.3 Å². The van der Waals surface area contributed by atoms with Crippen molar-refractivity contribution in [3.05, 3.63) is 16.1 Å². The molecular weight excluding hydrogens is 196 g/mol. The third-order valence-electron chi connectivity index (χ3n) is 2.09. The fourth-order valence-electron chi connectivity index (χ4n) is 1.25. The number of aromatic nitrogens is 1. The molecular formula is C8H9F2NOS. The summed E-state index contributed by atoms with van der Waals surface area (Å²) in [7, 11) is 0. The van der Waals surface area contributed by atoms with E-state index in [2.05, 4.69) is 4.98 Å². The molecule has 5 heteroatoms. The SMILES string of the molecule is OCC(F)(F)c1scnc1C1CC1. The Kier molecular flexibility index (Phi) is 2.08. The number of alkyl halides is 2. The summed E-state index contributed by atoms with van der Waals surface area (Å²) in [5.74, 6) is -2.90. The Morgan fingerprint density at radius 1 is 1.62 bits per heavy atom. The zero-order chi connectivity index (χ0) is 9.47. The first-order valence-electron chi connectivity index (χ1n) is 4.07. The van der Waals surface area contributed by atoms with Crippen molar-refractivity contribution in [3.63, 3.8) is 0 Å². The highest BCUT2D eigenvalue weighted by Gasteiger charge is 2.40. The van der Waals surface area contributed by atoms with Gasteiger partial charge in [0.05, 0.1) is 16.1 Å². The van der Waals surface area contributed by atoms with Crippen LogP contribution in [0.5, 0.6) is 0 Å². The summed E-state index contributed by atoms with van der Waals surface area (Å²) < 4.78 is 26.2. The molecule has 2 nitrogen and oxygen atoms in total. The Labute approximate surface area is 78.2 Å². The van der Waals surface area contributed by atoms with Crippen LogP contribution in [0.2, 0.25) is 0 Å². The van der Waals surface area contributed by atoms with Crippen LogP contribution in [-0.2, 0) is 5.92 Å². The number of halogens is 2. The Morgan fingerprint density at radius 2 is 2.31 bits per heavy atom. The van der Waals surface area contributed by atoms with Crippen LogP contribution < -0.4 is 0 Å². The molecule has 1 aliphatic carbocycles. The van der Waals surface area contributed by atoms with Gasteiger partial charge in [-0.2, -0.15) is 8.78 Å². The van der Waals surface area contributed by atoms with Crippen LogP contribution in [0, 0.1) is 0 Å². The third-order valence-corrected chi connectivity index (χ3v) is 3.04. The summed E-state index contributed by atoms with van der Waals surface area (Å²) in [4.78, 5) is 3.86. The number of aliphatic hydroxyl groups is 1. The summed E-state index contributed by atoms with van der Waals surface area (Å²) >= 11 is 0.928. The predicted molar refractivity (Wildman–Crippen MR) is 45.1 cm³/mol. The van der Waals surface area contributed by atoms with Crippen LogP contribution in [-0.4, -0.2) is 16.7 Å². The van der Waals surface area contributed by atoms with Gasteiger partial charge < -0.3 is 5.11 Å². The van der Waals surface area contributed by atoms with Crippen LogP contribution in [0.3, 0.4) is 0 Å². The van der Waals surface area contributed by atoms with Gasteiger partial charge in [0.1, 0.15) is 6.61 Å². The molecule has 0 aliphatic heterocycles. The van der Waals surface area contributed by atoms with E-state index in [1.807, 2.05) is 0 Å². The van der Waals surface area contributed by atoms with Crippen molar-refractivity contribution in [3.8, 4) is 0 Å². The van der Waals surface area contributed by atoms with E-state index in [0.717, 1.165) is 24.2 Å². The molecule has 2 rings (SSSR count). The lowest BCUT2D eigenvalue weighted by Gasteiger charge is -2.11. The van der Waals surface area contributed by atoms with E-state index in [1.165, 1.54) is 5.51 Å². The molecule has 1 heterocycles. The molecule has 0 bridgehead atoms. The Balaban J connectivity index is 2.33. The smallest absolute Gasteiger partial charge is 0.306 e. The second kappa shape index (κ2) is 2.99. The van der Waals surface area contributed by atoms with Crippen LogP contribution in [0.25, 0.3) is 0 Å². The molecule has 0 atom stereocenters. The van der Waals surface area contributed by atoms with E-state index >= 15 is 0 Å². The average molecular weight is 205 g/mol. The minimum absolute atomic E-state index is 0.0579. The maximum absolute atomic E-state index is 13.1. The fraction of sp³-hybridized carbons (Fsp3) is 0.625. The molecule has 0 amide bonds. The van der Waals surface area contributed by atoms with Crippen molar-refractivity contribution in [2.75, 3.05) is 6.61 Å². The molecule has 0 aromatic carbocycles. The van der Waals surface area contributed by atoms with Crippen molar-refractivity contribution in [1.82, 2.24) is 4.98 Å². The molecule has 1 aromatic heterocycles. The highest BCUT2D eigenvalue weighted by atomic mass is 32.1. The molecule has 0 unspecified atom stereocenters. The zero-order valence-corrected chi connectivity index (χ0v) is 7.65. The van der Waals surface area contributed by atoms with Gasteiger partial charge in [-0.25, -0.2) is 4.98 Å². The summed E-state index contributed by atoms with van der Waals surface area (Å²) in [5.41, 5.74) is 1.91. The monoisotopic (exact) mass is 205 g/mol. The van der Waals surface area contributed by atoms with Gasteiger partial charge in [0.25, 0.3) is 0 Å². The van der Waals surface area contributed by atoms with Gasteiger partial charge in [0, 0.05) is 5.92 Å². The fourth-order valence-corrected chi connectivity index (χ4v) is 2.10. The minimum atomic E-state index is -3.11. The normalized spacial score (nSPS) is 17.8. The highest BCUT2D eigenvalue weighted by molar-refractivity contribution is 7.09. The summed E-state index contributed by atoms with van der Waals surface area (Å²) in [5, 5.41) is 8.52. The number of thiazole rings is 1. The largest absolute Gasteiger partial charge is 0.390 e. The van der Waals surface area contributed by atoms with E-state index in [4.69, 9.17) is 5.11 Å². The molecule has 1 N–H and O–H groups in total. The third kappa shape index (κ3) is 1.58. The standard InChI is InChI=1S/C8H9F2NOS/c9-8(10,3-12)7-6(5-1-2-5)11-4-13-7/h4-5,12H,1-3H2. The Morgan fingerprint density at radius 3 is 2.85 bits per heavy atom. The number of hydrogen-bond acceptors (Lipinski definition) is 3. The van der Waals surface area contributed by atoms with Crippen LogP contribution in [0.4, 0.5) is 8.78 Å². The van der Waals surface area contributed by atoms with Gasteiger partial charge in [0.15, 0.2) is 0 Å². The molecule has 0 spiro atoms. The highest BCUT2D eigenvalue weighted by Crippen LogP contribution is 2.45. The maximum Gasteiger partial charge on any atom is 0.306 e. The number of hydrogen-bond donors (Lipinski definition) is 1. The maximum atomic E-state index is 13.1. The van der Waals surface area contributed by atoms with Crippen molar-refractivity contribution in [1.29, 1.82) is 0 Å². The quantitative estimate of drug-likeness (QED) is 0.819. The van der Waals surface area contributed by atoms with Gasteiger partial charge in [-0.05, 0) is 12.8 Å². The molecule has 1 aromatic rings. The van der Waals surface area contributed by atoms with E-state index in [0.29, 0.717) is 5.69 Å². The lowest BCUT2D eigenvalue weighted by atomic mass is 10.2. The van der Waals surface area contributed by atoms with Gasteiger partial charge in [0.2, 0.25) is 0 Å². The first-order chi connectivity index (χ1) is 6.15. The van der Waals surface area contributed by atoms with Crippen LogP contribution >= 0.6 is 11.3 Å². The van der Waals surface area contributed by atoms with E-state index < -0.39 is 12.5 Å². The predicted octanol–water partition coefficient (Wildman–Crippen LogP) is 2.10. The molecule has 1 fully saturated rings. The summed E-state index contributed by atoms with van der Waals surface area (Å²) in [6.07, 6.45) is 1.89. The first kappa shape index (κ1) is 9.02. The molecule has 0 saturated heterocycles. The van der Waals surface area contributed by atoms with Gasteiger partial charge in [-0.3, -0.25) is 0 Å². The molecule has 13 heavy (non-hydrogen) atoms. The van der Waals surface area contributed by atoms with Crippen molar-refractivity contribution in [2.24, 2.45) is 0 Å². The van der Waals surface area contributed by atoms with E-state index in [-0.39, 0.29) is 10.8 Å². The van der Waals surface area contributed by atoms with E-state index in [1.54, 1.807) is 0 Å². The lowest BCUT2D eigenvalue weighted by molar-refractivity contribution is -0.0532. The number of aliphatic hydroxyl groups excluding tert-OH is 1. The minimum Gasteiger partial charge on any atom is -0.390 e. The number of nitrogens with zero attached hydrogens (tertiary/aromatic N) is 1. The summed E-state index contributed by atoms with van der Waals surface area (Å²) in [6.45, 7) is -1.13. The van der Waals surface area contributed by atoms with Crippen molar-refractivity contribution >= 4 is 11.3 Å². The van der Waals surface area contributed by atoms with Crippen molar-refractivity contribution in [2.45, 2.75) is 24.7 Å². The molecule has 1 saturated carbocycles. The average Bonchev–Trinajstić information content (AvgIpc) is 2.83. The van der Waals surface area contributed by atoms with Gasteiger partial charge in [-0.1, -0.05) is 0 Å². The molecule has 72 valence electrons. The Hall–Kier alpha value is -0.550. The lowest BCUT2D eigenvalue weighted by Crippen LogP contribution is -2.18. The first-order valence-corrected chi connectivity index (χ1v) is 4.95. The molecule has 1 aliphatic rings. The molecule has 0 radical (unpaired) electrons. The topological polar surface area (TPSA) is 33.1 Å². The van der Waals surface area contributed by atoms with Gasteiger partial charge >= 0.3 is 5.92 Å². The van der Waals surface area contributed by atoms with Crippen molar-refractivity contribution < 1.29 is 13.9 Å². The second-order valence-corrected chi connectivity index (χ2v) is 4.06. The summed E-state index contributed by atoms with van der Waals surface area (Å²) in [6, 6.07) is 0.